The van der Waals surface area contributed by atoms with Gasteiger partial charge in [-0.05, 0) is 19.8 Å². The number of anilines is 1. The molecule has 1 aromatic rings. The number of ether oxygens (including phenoxy) is 1. The van der Waals surface area contributed by atoms with Gasteiger partial charge in [0.1, 0.15) is 23.3 Å². The average Bonchev–Trinajstić information content (AvgIpc) is 2.81. The number of halogens is 2. The monoisotopic (exact) mass is 431 g/mol. The first-order chi connectivity index (χ1) is 13.4. The first-order valence-electron chi connectivity index (χ1n) is 9.15. The summed E-state index contributed by atoms with van der Waals surface area (Å²) in [6, 6.07) is 1.76. The lowest BCUT2D eigenvalue weighted by Gasteiger charge is -2.30. The maximum atomic E-state index is 13.7. The summed E-state index contributed by atoms with van der Waals surface area (Å²) in [5, 5.41) is 22.5. The van der Waals surface area contributed by atoms with Crippen LogP contribution < -0.4 is 10.1 Å². The van der Waals surface area contributed by atoms with Crippen LogP contribution in [0, 0.1) is 11.3 Å². The van der Waals surface area contributed by atoms with E-state index in [0.717, 1.165) is 6.26 Å². The molecule has 2 N–H and O–H groups in total. The number of aromatic nitrogens is 2. The Morgan fingerprint density at radius 2 is 2.07 bits per heavy atom. The molecule has 3 rings (SSSR count). The van der Waals surface area contributed by atoms with Crippen molar-refractivity contribution in [3.05, 3.63) is 11.8 Å². The molecule has 160 valence electrons. The highest BCUT2D eigenvalue weighted by Gasteiger charge is 2.54. The van der Waals surface area contributed by atoms with E-state index in [9.17, 15) is 27.6 Å². The Balaban J connectivity index is 1.71. The van der Waals surface area contributed by atoms with Gasteiger partial charge in [0.2, 0.25) is 21.9 Å². The van der Waals surface area contributed by atoms with Gasteiger partial charge in [0, 0.05) is 25.6 Å². The molecule has 2 atom stereocenters. The highest BCUT2D eigenvalue weighted by atomic mass is 32.2. The second kappa shape index (κ2) is 7.62. The van der Waals surface area contributed by atoms with Crippen molar-refractivity contribution in [2.45, 2.75) is 56.3 Å². The predicted octanol–water partition coefficient (Wildman–Crippen LogP) is 1.11. The summed E-state index contributed by atoms with van der Waals surface area (Å²) in [6.07, 6.45) is 0.828. The van der Waals surface area contributed by atoms with Gasteiger partial charge in [-0.2, -0.15) is 10.2 Å². The number of hydrogen-bond acceptors (Lipinski definition) is 8. The fraction of sp³-hybridized carbons (Fsp3) is 0.706. The van der Waals surface area contributed by atoms with E-state index in [0.29, 0.717) is 25.9 Å². The zero-order valence-electron chi connectivity index (χ0n) is 16.1. The summed E-state index contributed by atoms with van der Waals surface area (Å²) in [4.78, 5) is 8.17. The molecule has 0 radical (unpaired) electrons. The van der Waals surface area contributed by atoms with E-state index < -0.39 is 40.5 Å². The molecule has 2 aliphatic rings. The number of nitrogens with zero attached hydrogens (tertiary/aromatic N) is 4. The highest BCUT2D eigenvalue weighted by Crippen LogP contribution is 2.43. The quantitative estimate of drug-likeness (QED) is 0.710. The summed E-state index contributed by atoms with van der Waals surface area (Å²) >= 11 is 0. The van der Waals surface area contributed by atoms with Crippen LogP contribution in [0.2, 0.25) is 0 Å². The van der Waals surface area contributed by atoms with Crippen molar-refractivity contribution in [3.8, 4) is 11.9 Å². The van der Waals surface area contributed by atoms with E-state index >= 15 is 0 Å². The molecule has 2 heterocycles. The second-order valence-electron chi connectivity index (χ2n) is 7.81. The average molecular weight is 431 g/mol. The molecule has 0 bridgehead atoms. The van der Waals surface area contributed by atoms with Crippen molar-refractivity contribution >= 4 is 16.0 Å². The van der Waals surface area contributed by atoms with Crippen molar-refractivity contribution in [1.29, 1.82) is 5.26 Å². The molecular weight excluding hydrogens is 408 g/mol. The number of piperidine rings is 1. The van der Waals surface area contributed by atoms with E-state index in [1.165, 1.54) is 17.4 Å². The molecule has 12 heteroatoms. The molecule has 0 spiro atoms. The molecule has 9 nitrogen and oxygen atoms in total. The number of alkyl halides is 2. The minimum Gasteiger partial charge on any atom is -0.470 e. The molecule has 0 unspecified atom stereocenters. The van der Waals surface area contributed by atoms with Gasteiger partial charge >= 0.3 is 0 Å². The molecule has 0 aromatic carbocycles. The number of rotatable bonds is 5. The molecule has 29 heavy (non-hydrogen) atoms. The molecular formula is C17H23F2N5O4S. The van der Waals surface area contributed by atoms with Crippen molar-refractivity contribution < 1.29 is 27.0 Å². The van der Waals surface area contributed by atoms with E-state index in [1.807, 2.05) is 6.07 Å². The first kappa shape index (κ1) is 21.6. The largest absolute Gasteiger partial charge is 0.470 e. The van der Waals surface area contributed by atoms with Gasteiger partial charge in [0.05, 0.1) is 18.9 Å². The first-order valence-corrected chi connectivity index (χ1v) is 11.0. The minimum absolute atomic E-state index is 0.0338. The highest BCUT2D eigenvalue weighted by molar-refractivity contribution is 7.88. The standard InChI is InChI=1S/C17H23F2N5O4S/c1-16(25)10-17(18,19)7-13(16)28-14-11(8-20)9-21-15(23-14)22-12-3-5-24(6-4-12)29(2,26)27/h9,12-13,25H,3-7,10H2,1-2H3,(H,21,22,23)/t13-,16+/m0/s1. The summed E-state index contributed by atoms with van der Waals surface area (Å²) < 4.78 is 57.4. The third-order valence-corrected chi connectivity index (χ3v) is 6.48. The normalized spacial score (nSPS) is 28.1. The molecule has 2 fully saturated rings. The number of sulfonamides is 1. The maximum absolute atomic E-state index is 13.7. The van der Waals surface area contributed by atoms with E-state index in [4.69, 9.17) is 4.74 Å². The second-order valence-corrected chi connectivity index (χ2v) is 9.79. The van der Waals surface area contributed by atoms with Crippen molar-refractivity contribution in [1.82, 2.24) is 14.3 Å². The molecule has 1 aromatic heterocycles. The number of hydrogen-bond donors (Lipinski definition) is 2. The topological polar surface area (TPSA) is 128 Å². The Hall–Kier alpha value is -2.10. The van der Waals surface area contributed by atoms with E-state index in [2.05, 4.69) is 15.3 Å². The lowest BCUT2D eigenvalue weighted by atomic mass is 10.0. The van der Waals surface area contributed by atoms with Crippen LogP contribution >= 0.6 is 0 Å². The minimum atomic E-state index is -3.24. The van der Waals surface area contributed by atoms with E-state index in [-0.39, 0.29) is 23.4 Å². The fourth-order valence-electron chi connectivity index (χ4n) is 3.62. The third kappa shape index (κ3) is 5.09. The summed E-state index contributed by atoms with van der Waals surface area (Å²) in [7, 11) is -3.24. The Labute approximate surface area is 167 Å². The maximum Gasteiger partial charge on any atom is 0.254 e. The Morgan fingerprint density at radius 1 is 1.41 bits per heavy atom. The summed E-state index contributed by atoms with van der Waals surface area (Å²) in [5.74, 6) is -3.11. The van der Waals surface area contributed by atoms with Crippen LogP contribution in [0.25, 0.3) is 0 Å². The SMILES string of the molecule is C[C@@]1(O)CC(F)(F)C[C@@H]1Oc1nc(NC2CCN(S(C)(=O)=O)CC2)ncc1C#N. The van der Waals surface area contributed by atoms with Crippen LogP contribution in [0.1, 0.15) is 38.2 Å². The molecule has 1 saturated carbocycles. The third-order valence-electron chi connectivity index (χ3n) is 5.18. The Kier molecular flexibility index (Phi) is 5.68. The summed E-state index contributed by atoms with van der Waals surface area (Å²) in [5.41, 5.74) is -1.79. The van der Waals surface area contributed by atoms with Crippen molar-refractivity contribution in [2.24, 2.45) is 0 Å². The predicted molar refractivity (Wildman–Crippen MR) is 99.0 cm³/mol. The van der Waals surface area contributed by atoms with Gasteiger partial charge in [-0.1, -0.05) is 0 Å². The molecule has 1 aliphatic carbocycles. The molecule has 1 aliphatic heterocycles. The van der Waals surface area contributed by atoms with Gasteiger partial charge in [-0.15, -0.1) is 0 Å². The van der Waals surface area contributed by atoms with Crippen LogP contribution in [-0.2, 0) is 10.0 Å². The number of nitriles is 1. The zero-order valence-corrected chi connectivity index (χ0v) is 16.9. The number of nitrogens with one attached hydrogen (secondary N) is 1. The lowest BCUT2D eigenvalue weighted by molar-refractivity contribution is -0.0406. The van der Waals surface area contributed by atoms with Crippen LogP contribution in [-0.4, -0.2) is 70.8 Å². The van der Waals surface area contributed by atoms with Crippen molar-refractivity contribution in [2.75, 3.05) is 24.7 Å². The lowest BCUT2D eigenvalue weighted by Crippen LogP contribution is -2.42. The van der Waals surface area contributed by atoms with Gasteiger partial charge in [0.15, 0.2) is 0 Å². The fourth-order valence-corrected chi connectivity index (χ4v) is 4.49. The Bertz CT molecular complexity index is 911. The zero-order chi connectivity index (χ0) is 21.4. The molecule has 1 saturated heterocycles. The summed E-state index contributed by atoms with van der Waals surface area (Å²) in [6.45, 7) is 1.98. The Morgan fingerprint density at radius 3 is 2.59 bits per heavy atom. The van der Waals surface area contributed by atoms with Gasteiger partial charge in [-0.25, -0.2) is 26.5 Å². The van der Waals surface area contributed by atoms with Gasteiger partial charge in [-0.3, -0.25) is 0 Å². The van der Waals surface area contributed by atoms with Gasteiger partial charge in [0.25, 0.3) is 5.92 Å². The number of aliphatic hydroxyl groups is 1. The molecule has 0 amide bonds. The smallest absolute Gasteiger partial charge is 0.254 e. The van der Waals surface area contributed by atoms with E-state index in [1.54, 1.807) is 0 Å². The van der Waals surface area contributed by atoms with Crippen molar-refractivity contribution in [3.63, 3.8) is 0 Å². The van der Waals surface area contributed by atoms with Crippen LogP contribution in [0.4, 0.5) is 14.7 Å². The van der Waals surface area contributed by atoms with Gasteiger partial charge < -0.3 is 15.2 Å². The van der Waals surface area contributed by atoms with Crippen LogP contribution in [0.5, 0.6) is 5.88 Å². The van der Waals surface area contributed by atoms with Crippen LogP contribution in [0.15, 0.2) is 6.20 Å². The van der Waals surface area contributed by atoms with Crippen LogP contribution in [0.3, 0.4) is 0 Å².